The topological polar surface area (TPSA) is 80.3 Å². The first-order valence-electron chi connectivity index (χ1n) is 6.02. The smallest absolute Gasteiger partial charge is 0.550 e. The zero-order valence-electron chi connectivity index (χ0n) is 10.4. The quantitative estimate of drug-likeness (QED) is 0.390. The van der Waals surface area contributed by atoms with Crippen molar-refractivity contribution in [2.24, 2.45) is 0 Å². The molecule has 0 aliphatic rings. The van der Waals surface area contributed by atoms with Gasteiger partial charge in [0.1, 0.15) is 0 Å². The molecule has 17 heavy (non-hydrogen) atoms. The number of unbranched alkanes of at least 4 members (excludes halogenated alkanes) is 7. The first kappa shape index (κ1) is 19.5. The third-order valence-electron chi connectivity index (χ3n) is 2.51. The molecule has 0 amide bonds. The summed E-state index contributed by atoms with van der Waals surface area (Å²) in [6, 6.07) is 0. The molecule has 4 nitrogen and oxygen atoms in total. The number of carboxylic acid groups (broad SMARTS) is 2. The van der Waals surface area contributed by atoms with Crippen molar-refractivity contribution in [3.63, 3.8) is 0 Å². The van der Waals surface area contributed by atoms with Crippen molar-refractivity contribution >= 4 is 49.7 Å². The fourth-order valence-corrected chi connectivity index (χ4v) is 1.60. The average Bonchev–Trinajstić information content (AvgIpc) is 2.20. The maximum absolute atomic E-state index is 10.1. The zero-order chi connectivity index (χ0) is 12.2. The number of hydrogen-bond acceptors (Lipinski definition) is 4. The molecule has 0 saturated carbocycles. The van der Waals surface area contributed by atoms with Crippen molar-refractivity contribution in [2.45, 2.75) is 64.2 Å². The summed E-state index contributed by atoms with van der Waals surface area (Å²) >= 11 is 0. The number of rotatable bonds is 11. The first-order valence-corrected chi connectivity index (χ1v) is 6.02. The molecule has 0 saturated heterocycles. The summed E-state index contributed by atoms with van der Waals surface area (Å²) in [5, 5.41) is 20.2. The van der Waals surface area contributed by atoms with Gasteiger partial charge in [-0.15, -0.1) is 0 Å². The Bertz CT molecular complexity index is 185. The molecule has 0 aromatic carbocycles. The molecular formula is C12H20CaO4. The van der Waals surface area contributed by atoms with Gasteiger partial charge in [0.25, 0.3) is 0 Å². The van der Waals surface area contributed by atoms with Crippen LogP contribution in [0.4, 0.5) is 0 Å². The third kappa shape index (κ3) is 18.7. The van der Waals surface area contributed by atoms with Crippen LogP contribution < -0.4 is 10.2 Å². The fraction of sp³-hybridized carbons (Fsp3) is 0.833. The minimum Gasteiger partial charge on any atom is -0.550 e. The number of carbonyl (C=O) groups is 2. The Balaban J connectivity index is 0. The number of carboxylic acids is 2. The van der Waals surface area contributed by atoms with E-state index in [1.165, 1.54) is 0 Å². The van der Waals surface area contributed by atoms with Crippen LogP contribution in [0.25, 0.3) is 0 Å². The SMILES string of the molecule is O=C([O-])CCCCCCCCCCC(=O)[O-].[Ca+2]. The predicted octanol–water partition coefficient (Wildman–Crippen LogP) is 0.00640. The van der Waals surface area contributed by atoms with E-state index in [1.807, 2.05) is 0 Å². The standard InChI is InChI=1S/C12H22O4.Ca/c13-11(14)9-7-5-3-1-2-4-6-8-10-12(15)16;/h1-10H2,(H,13,14)(H,15,16);/q;+2/p-2. The number of aliphatic carboxylic acids is 2. The molecule has 0 radical (unpaired) electrons. The molecule has 94 valence electrons. The summed E-state index contributed by atoms with van der Waals surface area (Å²) in [7, 11) is 0. The van der Waals surface area contributed by atoms with Crippen LogP contribution in [0.2, 0.25) is 0 Å². The van der Waals surface area contributed by atoms with Crippen LogP contribution in [0.15, 0.2) is 0 Å². The second-order valence-electron chi connectivity index (χ2n) is 4.07. The minimum absolute atomic E-state index is 0. The summed E-state index contributed by atoms with van der Waals surface area (Å²) in [6.07, 6.45) is 7.88. The van der Waals surface area contributed by atoms with E-state index >= 15 is 0 Å². The van der Waals surface area contributed by atoms with Crippen LogP contribution >= 0.6 is 0 Å². The third-order valence-corrected chi connectivity index (χ3v) is 2.51. The largest absolute Gasteiger partial charge is 2.00 e. The second kappa shape index (κ2) is 14.3. The summed E-state index contributed by atoms with van der Waals surface area (Å²) < 4.78 is 0. The maximum atomic E-state index is 10.1. The average molecular weight is 268 g/mol. The Kier molecular flexibility index (Phi) is 16.4. The van der Waals surface area contributed by atoms with Gasteiger partial charge in [-0.25, -0.2) is 0 Å². The van der Waals surface area contributed by atoms with E-state index in [1.54, 1.807) is 0 Å². The van der Waals surface area contributed by atoms with Gasteiger partial charge in [-0.1, -0.05) is 38.5 Å². The molecule has 0 aromatic rings. The molecule has 0 spiro atoms. The van der Waals surface area contributed by atoms with Gasteiger partial charge in [0.15, 0.2) is 0 Å². The van der Waals surface area contributed by atoms with E-state index in [-0.39, 0.29) is 50.6 Å². The van der Waals surface area contributed by atoms with E-state index in [0.717, 1.165) is 38.5 Å². The van der Waals surface area contributed by atoms with Crippen LogP contribution in [0, 0.1) is 0 Å². The molecule has 0 aliphatic heterocycles. The van der Waals surface area contributed by atoms with Crippen molar-refractivity contribution in [3.8, 4) is 0 Å². The van der Waals surface area contributed by atoms with Crippen LogP contribution in [0.1, 0.15) is 64.2 Å². The van der Waals surface area contributed by atoms with Gasteiger partial charge in [-0.2, -0.15) is 0 Å². The molecule has 0 bridgehead atoms. The van der Waals surface area contributed by atoms with E-state index in [2.05, 4.69) is 0 Å². The van der Waals surface area contributed by atoms with Gasteiger partial charge in [0, 0.05) is 11.9 Å². The molecule has 5 heteroatoms. The van der Waals surface area contributed by atoms with Crippen molar-refractivity contribution < 1.29 is 19.8 Å². The van der Waals surface area contributed by atoms with Gasteiger partial charge in [-0.05, 0) is 25.7 Å². The summed E-state index contributed by atoms with van der Waals surface area (Å²) in [4.78, 5) is 20.2. The van der Waals surface area contributed by atoms with Crippen molar-refractivity contribution in [1.29, 1.82) is 0 Å². The first-order chi connectivity index (χ1) is 7.63. The van der Waals surface area contributed by atoms with Crippen LogP contribution in [-0.2, 0) is 9.59 Å². The normalized spacial score (nSPS) is 9.65. The van der Waals surface area contributed by atoms with Gasteiger partial charge >= 0.3 is 37.7 Å². The monoisotopic (exact) mass is 268 g/mol. The summed E-state index contributed by atoms with van der Waals surface area (Å²) in [5.41, 5.74) is 0. The molecule has 0 N–H and O–H groups in total. The molecule has 0 heterocycles. The zero-order valence-corrected chi connectivity index (χ0v) is 12.6. The Labute approximate surface area is 133 Å². The fourth-order valence-electron chi connectivity index (χ4n) is 1.60. The van der Waals surface area contributed by atoms with Crippen LogP contribution in [0.3, 0.4) is 0 Å². The summed E-state index contributed by atoms with van der Waals surface area (Å²) in [6.45, 7) is 0. The Morgan fingerprint density at radius 3 is 1.06 bits per heavy atom. The minimum atomic E-state index is -0.970. The van der Waals surface area contributed by atoms with Gasteiger partial charge in [0.05, 0.1) is 0 Å². The Morgan fingerprint density at radius 1 is 0.588 bits per heavy atom. The Morgan fingerprint density at radius 2 is 0.824 bits per heavy atom. The summed E-state index contributed by atoms with van der Waals surface area (Å²) in [5.74, 6) is -1.94. The maximum Gasteiger partial charge on any atom is 2.00 e. The molecular weight excluding hydrogens is 248 g/mol. The molecule has 0 rings (SSSR count). The molecule has 0 unspecified atom stereocenters. The van der Waals surface area contributed by atoms with Crippen LogP contribution in [-0.4, -0.2) is 49.7 Å². The molecule has 0 aromatic heterocycles. The molecule has 0 atom stereocenters. The molecule has 0 fully saturated rings. The van der Waals surface area contributed by atoms with Gasteiger partial charge in [-0.3, -0.25) is 0 Å². The van der Waals surface area contributed by atoms with Crippen molar-refractivity contribution in [3.05, 3.63) is 0 Å². The van der Waals surface area contributed by atoms with E-state index in [9.17, 15) is 19.8 Å². The second-order valence-corrected chi connectivity index (χ2v) is 4.07. The van der Waals surface area contributed by atoms with Crippen LogP contribution in [0.5, 0.6) is 0 Å². The number of hydrogen-bond donors (Lipinski definition) is 0. The van der Waals surface area contributed by atoms with Crippen molar-refractivity contribution in [1.82, 2.24) is 0 Å². The van der Waals surface area contributed by atoms with Gasteiger partial charge < -0.3 is 19.8 Å². The predicted molar refractivity (Wildman–Crippen MR) is 61.9 cm³/mol. The number of carbonyl (C=O) groups excluding carboxylic acids is 2. The van der Waals surface area contributed by atoms with E-state index in [4.69, 9.17) is 0 Å². The molecule has 0 aliphatic carbocycles. The Hall–Kier alpha value is 0.200. The van der Waals surface area contributed by atoms with E-state index in [0.29, 0.717) is 12.8 Å². The van der Waals surface area contributed by atoms with Crippen molar-refractivity contribution in [2.75, 3.05) is 0 Å². The van der Waals surface area contributed by atoms with Gasteiger partial charge in [0.2, 0.25) is 0 Å². The van der Waals surface area contributed by atoms with E-state index < -0.39 is 11.9 Å².